The summed E-state index contributed by atoms with van der Waals surface area (Å²) in [5.41, 5.74) is 2.22. The third kappa shape index (κ3) is 5.22. The summed E-state index contributed by atoms with van der Waals surface area (Å²) in [6.45, 7) is 3.23. The van der Waals surface area contributed by atoms with Crippen LogP contribution in [0.5, 0.6) is 5.75 Å². The highest BCUT2D eigenvalue weighted by atomic mass is 32.2. The molecule has 30 heavy (non-hydrogen) atoms. The predicted octanol–water partition coefficient (Wildman–Crippen LogP) is 5.57. The highest BCUT2D eigenvalue weighted by molar-refractivity contribution is 7.99. The average Bonchev–Trinajstić information content (AvgIpc) is 2.78. The van der Waals surface area contributed by atoms with Crippen molar-refractivity contribution in [2.45, 2.75) is 22.8 Å². The molecule has 3 aromatic rings. The van der Waals surface area contributed by atoms with Crippen molar-refractivity contribution in [2.24, 2.45) is 0 Å². The predicted molar refractivity (Wildman–Crippen MR) is 119 cm³/mol. The number of morpholine rings is 1. The molecule has 0 radical (unpaired) electrons. The lowest BCUT2D eigenvalue weighted by Gasteiger charge is -2.37. The van der Waals surface area contributed by atoms with Gasteiger partial charge in [-0.15, -0.1) is 11.8 Å². The molecule has 0 saturated carbocycles. The third-order valence-electron chi connectivity index (χ3n) is 5.26. The van der Waals surface area contributed by atoms with Crippen LogP contribution in [0, 0.1) is 5.82 Å². The SMILES string of the molecule is COc1ccccc1SC(c1cccc(F)c1)[C@H]1CN(Cc2ccccc2)CCO1. The van der Waals surface area contributed by atoms with Crippen molar-refractivity contribution in [1.29, 1.82) is 0 Å². The number of thioether (sulfide) groups is 1. The van der Waals surface area contributed by atoms with Gasteiger partial charge in [-0.3, -0.25) is 4.90 Å². The first-order valence-corrected chi connectivity index (χ1v) is 11.0. The van der Waals surface area contributed by atoms with Gasteiger partial charge in [0, 0.05) is 19.6 Å². The maximum Gasteiger partial charge on any atom is 0.132 e. The van der Waals surface area contributed by atoms with Crippen LogP contribution in [0.15, 0.2) is 83.8 Å². The van der Waals surface area contributed by atoms with Gasteiger partial charge in [0.1, 0.15) is 11.6 Å². The van der Waals surface area contributed by atoms with Crippen LogP contribution in [0.2, 0.25) is 0 Å². The Kier molecular flexibility index (Phi) is 7.05. The minimum atomic E-state index is -0.227. The van der Waals surface area contributed by atoms with Gasteiger partial charge in [-0.2, -0.15) is 0 Å². The second-order valence-electron chi connectivity index (χ2n) is 7.37. The van der Waals surface area contributed by atoms with E-state index in [1.165, 1.54) is 11.6 Å². The summed E-state index contributed by atoms with van der Waals surface area (Å²) in [5, 5.41) is -0.0458. The van der Waals surface area contributed by atoms with Gasteiger partial charge in [-0.25, -0.2) is 4.39 Å². The Bertz CT molecular complexity index is 953. The van der Waals surface area contributed by atoms with Crippen molar-refractivity contribution in [3.63, 3.8) is 0 Å². The molecular formula is C25H26FNO2S. The van der Waals surface area contributed by atoms with E-state index < -0.39 is 0 Å². The summed E-state index contributed by atoms with van der Waals surface area (Å²) in [6, 6.07) is 25.3. The lowest BCUT2D eigenvalue weighted by molar-refractivity contribution is -0.0320. The number of benzene rings is 3. The monoisotopic (exact) mass is 423 g/mol. The highest BCUT2D eigenvalue weighted by Crippen LogP contribution is 2.43. The molecule has 3 aromatic carbocycles. The van der Waals surface area contributed by atoms with Crippen molar-refractivity contribution in [3.05, 3.63) is 95.8 Å². The molecule has 1 aliphatic rings. The summed E-state index contributed by atoms with van der Waals surface area (Å²) in [5.74, 6) is 0.593. The Morgan fingerprint density at radius 2 is 1.87 bits per heavy atom. The van der Waals surface area contributed by atoms with Gasteiger partial charge in [-0.05, 0) is 35.4 Å². The summed E-state index contributed by atoms with van der Waals surface area (Å²) >= 11 is 1.67. The van der Waals surface area contributed by atoms with Gasteiger partial charge in [0.05, 0.1) is 30.0 Å². The van der Waals surface area contributed by atoms with E-state index >= 15 is 0 Å². The van der Waals surface area contributed by atoms with Crippen molar-refractivity contribution in [1.82, 2.24) is 4.90 Å². The van der Waals surface area contributed by atoms with E-state index in [1.54, 1.807) is 31.0 Å². The molecule has 4 rings (SSSR count). The van der Waals surface area contributed by atoms with Crippen LogP contribution in [0.3, 0.4) is 0 Å². The lowest BCUT2D eigenvalue weighted by Crippen LogP contribution is -2.44. The first kappa shape index (κ1) is 20.9. The molecule has 1 fully saturated rings. The summed E-state index contributed by atoms with van der Waals surface area (Å²) in [4.78, 5) is 3.44. The van der Waals surface area contributed by atoms with Gasteiger partial charge >= 0.3 is 0 Å². The van der Waals surface area contributed by atoms with Crippen LogP contribution in [-0.4, -0.2) is 37.8 Å². The van der Waals surface area contributed by atoms with Gasteiger partial charge in [0.2, 0.25) is 0 Å². The largest absolute Gasteiger partial charge is 0.496 e. The zero-order valence-electron chi connectivity index (χ0n) is 17.0. The number of rotatable bonds is 7. The minimum Gasteiger partial charge on any atom is -0.496 e. The topological polar surface area (TPSA) is 21.7 Å². The fraction of sp³-hybridized carbons (Fsp3) is 0.280. The first-order chi connectivity index (χ1) is 14.7. The van der Waals surface area contributed by atoms with Gasteiger partial charge in [-0.1, -0.05) is 54.6 Å². The summed E-state index contributed by atoms with van der Waals surface area (Å²) in [6.07, 6.45) is -0.0563. The molecule has 0 N–H and O–H groups in total. The van der Waals surface area contributed by atoms with Gasteiger partial charge in [0.15, 0.2) is 0 Å². The van der Waals surface area contributed by atoms with Gasteiger partial charge in [0.25, 0.3) is 0 Å². The van der Waals surface area contributed by atoms with Crippen molar-refractivity contribution in [2.75, 3.05) is 26.8 Å². The van der Waals surface area contributed by atoms with Crippen molar-refractivity contribution >= 4 is 11.8 Å². The van der Waals surface area contributed by atoms with Crippen molar-refractivity contribution in [3.8, 4) is 5.75 Å². The van der Waals surface area contributed by atoms with Crippen LogP contribution >= 0.6 is 11.8 Å². The second kappa shape index (κ2) is 10.1. The van der Waals surface area contributed by atoms with E-state index in [-0.39, 0.29) is 17.2 Å². The number of nitrogens with zero attached hydrogens (tertiary/aromatic N) is 1. The minimum absolute atomic E-state index is 0.0458. The smallest absolute Gasteiger partial charge is 0.132 e. The lowest BCUT2D eigenvalue weighted by atomic mass is 10.1. The zero-order valence-corrected chi connectivity index (χ0v) is 17.9. The van der Waals surface area contributed by atoms with Gasteiger partial charge < -0.3 is 9.47 Å². The Balaban J connectivity index is 1.58. The first-order valence-electron chi connectivity index (χ1n) is 10.2. The Labute approximate surface area is 181 Å². The molecule has 0 bridgehead atoms. The maximum atomic E-state index is 14.1. The van der Waals surface area contributed by atoms with E-state index in [2.05, 4.69) is 29.2 Å². The Morgan fingerprint density at radius 3 is 2.67 bits per heavy atom. The molecule has 1 aliphatic heterocycles. The molecule has 0 aromatic heterocycles. The van der Waals surface area contributed by atoms with E-state index in [9.17, 15) is 4.39 Å². The highest BCUT2D eigenvalue weighted by Gasteiger charge is 2.31. The number of methoxy groups -OCH3 is 1. The molecule has 1 heterocycles. The number of ether oxygens (including phenoxy) is 2. The van der Waals surface area contributed by atoms with Crippen LogP contribution in [0.25, 0.3) is 0 Å². The second-order valence-corrected chi connectivity index (χ2v) is 8.56. The third-order valence-corrected chi connectivity index (χ3v) is 6.69. The molecule has 1 saturated heterocycles. The number of halogens is 1. The molecule has 0 amide bonds. The molecule has 5 heteroatoms. The van der Waals surface area contributed by atoms with Crippen LogP contribution in [0.4, 0.5) is 4.39 Å². The molecule has 0 spiro atoms. The summed E-state index contributed by atoms with van der Waals surface area (Å²) < 4.78 is 25.8. The van der Waals surface area contributed by atoms with E-state index in [4.69, 9.17) is 9.47 Å². The average molecular weight is 424 g/mol. The zero-order chi connectivity index (χ0) is 20.8. The quantitative estimate of drug-likeness (QED) is 0.463. The van der Waals surface area contributed by atoms with Crippen molar-refractivity contribution < 1.29 is 13.9 Å². The Morgan fingerprint density at radius 1 is 1.07 bits per heavy atom. The van der Waals surface area contributed by atoms with E-state index in [0.717, 1.165) is 35.8 Å². The number of para-hydroxylation sites is 1. The molecule has 1 unspecified atom stereocenters. The standard InChI is InChI=1S/C25H26FNO2S/c1-28-22-12-5-6-13-24(22)30-25(20-10-7-11-21(26)16-20)23-18-27(14-15-29-23)17-19-8-3-2-4-9-19/h2-13,16,23,25H,14-15,17-18H2,1H3/t23-,25?/m1/s1. The Hall–Kier alpha value is -2.34. The molecule has 156 valence electrons. The number of hydrogen-bond donors (Lipinski definition) is 0. The van der Waals surface area contributed by atoms with Crippen LogP contribution < -0.4 is 4.74 Å². The van der Waals surface area contributed by atoms with Crippen LogP contribution in [-0.2, 0) is 11.3 Å². The van der Waals surface area contributed by atoms with E-state index in [0.29, 0.717) is 6.61 Å². The normalized spacial score (nSPS) is 18.1. The molecular weight excluding hydrogens is 397 g/mol. The van der Waals surface area contributed by atoms with Crippen LogP contribution in [0.1, 0.15) is 16.4 Å². The fourth-order valence-electron chi connectivity index (χ4n) is 3.80. The molecule has 0 aliphatic carbocycles. The number of hydrogen-bond acceptors (Lipinski definition) is 4. The molecule has 3 nitrogen and oxygen atoms in total. The molecule has 2 atom stereocenters. The fourth-order valence-corrected chi connectivity index (χ4v) is 5.09. The summed E-state index contributed by atoms with van der Waals surface area (Å²) in [7, 11) is 1.68. The van der Waals surface area contributed by atoms with E-state index in [1.807, 2.05) is 36.4 Å². The maximum absolute atomic E-state index is 14.1.